The Balaban J connectivity index is 1.82. The lowest BCUT2D eigenvalue weighted by Gasteiger charge is -2.34. The number of hydrogen-bond donors (Lipinski definition) is 1. The molecule has 2 heterocycles. The van der Waals surface area contributed by atoms with Crippen LogP contribution < -0.4 is 5.32 Å². The zero-order valence-corrected chi connectivity index (χ0v) is 7.49. The van der Waals surface area contributed by atoms with E-state index in [-0.39, 0.29) is 18.1 Å². The van der Waals surface area contributed by atoms with Gasteiger partial charge in [0.15, 0.2) is 0 Å². The topological polar surface area (TPSA) is 50.7 Å². The predicted molar refractivity (Wildman–Crippen MR) is 48.3 cm³/mol. The molecule has 0 aliphatic carbocycles. The number of rotatable bonds is 3. The summed E-state index contributed by atoms with van der Waals surface area (Å²) in [5.74, 6) is 0.783. The van der Waals surface area contributed by atoms with Crippen molar-refractivity contribution >= 4 is 11.8 Å². The monoisotopic (exact) mass is 180 g/mol. The van der Waals surface area contributed by atoms with E-state index < -0.39 is 0 Å². The second-order valence-electron chi connectivity index (χ2n) is 3.23. The van der Waals surface area contributed by atoms with Gasteiger partial charge in [-0.3, -0.25) is 4.79 Å². The molecule has 0 bridgehead atoms. The minimum atomic E-state index is 0.0707. The molecule has 2 aliphatic heterocycles. The Labute approximate surface area is 76.7 Å². The molecule has 0 saturated carbocycles. The van der Waals surface area contributed by atoms with Crippen LogP contribution in [0.25, 0.3) is 0 Å². The van der Waals surface area contributed by atoms with Gasteiger partial charge >= 0.3 is 0 Å². The predicted octanol–water partition coefficient (Wildman–Crippen LogP) is 0.596. The van der Waals surface area contributed by atoms with Gasteiger partial charge in [-0.05, 0) is 6.42 Å². The molecule has 0 aromatic carbocycles. The Morgan fingerprint density at radius 1 is 1.85 bits per heavy atom. The third-order valence-corrected chi connectivity index (χ3v) is 2.29. The number of amides is 1. The van der Waals surface area contributed by atoms with Crippen molar-refractivity contribution in [2.45, 2.75) is 31.9 Å². The Hall–Kier alpha value is -1.32. The number of carbonyl (C=O) groups is 1. The molecule has 2 rings (SSSR count). The largest absolute Gasteiger partial charge is 0.472 e. The number of nitrogens with one attached hydrogen (secondary N) is 1. The molecule has 70 valence electrons. The molecule has 2 unspecified atom stereocenters. The van der Waals surface area contributed by atoms with E-state index in [9.17, 15) is 4.79 Å². The molecule has 13 heavy (non-hydrogen) atoms. The van der Waals surface area contributed by atoms with Crippen LogP contribution in [0.3, 0.4) is 0 Å². The van der Waals surface area contributed by atoms with E-state index >= 15 is 0 Å². The summed E-state index contributed by atoms with van der Waals surface area (Å²) in [5.41, 5.74) is 0. The minimum Gasteiger partial charge on any atom is -0.472 e. The van der Waals surface area contributed by atoms with Gasteiger partial charge in [-0.2, -0.15) is 0 Å². The van der Waals surface area contributed by atoms with Gasteiger partial charge in [-0.15, -0.1) is 0 Å². The molecule has 2 atom stereocenters. The van der Waals surface area contributed by atoms with Crippen LogP contribution in [0.1, 0.15) is 19.8 Å². The van der Waals surface area contributed by atoms with E-state index in [0.717, 1.165) is 6.42 Å². The maximum absolute atomic E-state index is 10.7. The lowest BCUT2D eigenvalue weighted by atomic mass is 9.98. The van der Waals surface area contributed by atoms with Crippen LogP contribution in [0.2, 0.25) is 0 Å². The fourth-order valence-corrected chi connectivity index (χ4v) is 1.42. The van der Waals surface area contributed by atoms with Crippen molar-refractivity contribution in [2.24, 2.45) is 4.99 Å². The summed E-state index contributed by atoms with van der Waals surface area (Å²) in [5, 5.41) is 2.80. The average Bonchev–Trinajstić information content (AvgIpc) is 1.99. The summed E-state index contributed by atoms with van der Waals surface area (Å²) in [6.07, 6.45) is 5.05. The summed E-state index contributed by atoms with van der Waals surface area (Å²) in [6.45, 7) is 2.04. The molecule has 0 spiro atoms. The van der Waals surface area contributed by atoms with Crippen molar-refractivity contribution in [3.05, 3.63) is 12.3 Å². The normalized spacial score (nSPS) is 26.7. The number of nitrogens with zero attached hydrogens (tertiary/aromatic N) is 1. The van der Waals surface area contributed by atoms with Gasteiger partial charge in [-0.1, -0.05) is 6.92 Å². The van der Waals surface area contributed by atoms with Crippen LogP contribution >= 0.6 is 0 Å². The Morgan fingerprint density at radius 2 is 2.54 bits per heavy atom. The molecule has 1 amide bonds. The second-order valence-corrected chi connectivity index (χ2v) is 3.23. The lowest BCUT2D eigenvalue weighted by Crippen LogP contribution is -2.56. The first-order valence-corrected chi connectivity index (χ1v) is 4.50. The van der Waals surface area contributed by atoms with Crippen molar-refractivity contribution in [2.75, 3.05) is 0 Å². The smallest absolute Gasteiger partial charge is 0.222 e. The molecule has 4 heteroatoms. The maximum Gasteiger partial charge on any atom is 0.222 e. The van der Waals surface area contributed by atoms with Crippen molar-refractivity contribution < 1.29 is 9.53 Å². The van der Waals surface area contributed by atoms with Gasteiger partial charge in [0.2, 0.25) is 11.8 Å². The van der Waals surface area contributed by atoms with Crippen LogP contribution in [0.5, 0.6) is 0 Å². The molecule has 1 fully saturated rings. The minimum absolute atomic E-state index is 0.0707. The number of β-lactam (4-membered cyclic amide) rings is 1. The molecular weight excluding hydrogens is 168 g/mol. The first-order chi connectivity index (χ1) is 6.29. The van der Waals surface area contributed by atoms with E-state index in [0.29, 0.717) is 12.3 Å². The second kappa shape index (κ2) is 3.20. The van der Waals surface area contributed by atoms with Crippen LogP contribution in [0, 0.1) is 0 Å². The summed E-state index contributed by atoms with van der Waals surface area (Å²) >= 11 is 0. The average molecular weight is 180 g/mol. The van der Waals surface area contributed by atoms with Gasteiger partial charge in [0, 0.05) is 12.3 Å². The van der Waals surface area contributed by atoms with Crippen molar-refractivity contribution in [1.29, 1.82) is 0 Å². The molecule has 0 radical (unpaired) electrons. The number of ether oxygens (including phenoxy) is 1. The summed E-state index contributed by atoms with van der Waals surface area (Å²) in [4.78, 5) is 14.6. The van der Waals surface area contributed by atoms with Gasteiger partial charge in [0.25, 0.3) is 0 Å². The van der Waals surface area contributed by atoms with Gasteiger partial charge < -0.3 is 10.1 Å². The zero-order valence-electron chi connectivity index (χ0n) is 7.49. The van der Waals surface area contributed by atoms with E-state index in [1.165, 1.54) is 0 Å². The highest BCUT2D eigenvalue weighted by atomic mass is 16.5. The third kappa shape index (κ3) is 1.56. The Morgan fingerprint density at radius 3 is 2.92 bits per heavy atom. The fourth-order valence-electron chi connectivity index (χ4n) is 1.42. The molecular formula is C9H12N2O2. The van der Waals surface area contributed by atoms with E-state index in [1.807, 2.05) is 13.0 Å². The van der Waals surface area contributed by atoms with Crippen molar-refractivity contribution in [3.8, 4) is 0 Å². The molecule has 1 saturated heterocycles. The van der Waals surface area contributed by atoms with Crippen LogP contribution in [-0.2, 0) is 9.53 Å². The fraction of sp³-hybridized carbons (Fsp3) is 0.556. The highest BCUT2D eigenvalue weighted by molar-refractivity contribution is 5.92. The van der Waals surface area contributed by atoms with Crippen LogP contribution in [-0.4, -0.2) is 24.0 Å². The Bertz CT molecular complexity index is 275. The summed E-state index contributed by atoms with van der Waals surface area (Å²) < 4.78 is 5.54. The quantitative estimate of drug-likeness (QED) is 0.646. The SMILES string of the molecule is CCC(OC1=NC=C1)C1CC(=O)N1. The third-order valence-electron chi connectivity index (χ3n) is 2.29. The van der Waals surface area contributed by atoms with Gasteiger partial charge in [-0.25, -0.2) is 4.99 Å². The number of hydrogen-bond acceptors (Lipinski definition) is 3. The van der Waals surface area contributed by atoms with Crippen molar-refractivity contribution in [3.63, 3.8) is 0 Å². The molecule has 0 aromatic heterocycles. The van der Waals surface area contributed by atoms with Gasteiger partial charge in [0.05, 0.1) is 12.5 Å². The van der Waals surface area contributed by atoms with Crippen molar-refractivity contribution in [1.82, 2.24) is 5.32 Å². The van der Waals surface area contributed by atoms with E-state index in [4.69, 9.17) is 4.74 Å². The number of carbonyl (C=O) groups excluding carboxylic acids is 1. The highest BCUT2D eigenvalue weighted by Crippen LogP contribution is 2.16. The lowest BCUT2D eigenvalue weighted by molar-refractivity contribution is -0.130. The van der Waals surface area contributed by atoms with Crippen LogP contribution in [0.4, 0.5) is 0 Å². The first kappa shape index (κ1) is 8.29. The van der Waals surface area contributed by atoms with E-state index in [2.05, 4.69) is 10.3 Å². The summed E-state index contributed by atoms with van der Waals surface area (Å²) in [6, 6.07) is 0.175. The zero-order chi connectivity index (χ0) is 9.26. The molecule has 1 N–H and O–H groups in total. The highest BCUT2D eigenvalue weighted by Gasteiger charge is 2.33. The molecule has 4 nitrogen and oxygen atoms in total. The first-order valence-electron chi connectivity index (χ1n) is 4.50. The molecule has 2 aliphatic rings. The summed E-state index contributed by atoms with van der Waals surface area (Å²) in [7, 11) is 0. The maximum atomic E-state index is 10.7. The van der Waals surface area contributed by atoms with E-state index in [1.54, 1.807) is 6.20 Å². The number of aliphatic imine (C=N–C) groups is 1. The Kier molecular flexibility index (Phi) is 2.04. The molecule has 0 aromatic rings. The standard InChI is InChI=1S/C9H12N2O2/c1-2-7(6-5-8(12)11-6)13-9-3-4-10-9/h3-4,6-7H,2,5H2,1H3,(H,11,12). The van der Waals surface area contributed by atoms with Crippen LogP contribution in [0.15, 0.2) is 17.3 Å². The van der Waals surface area contributed by atoms with Gasteiger partial charge in [0.1, 0.15) is 6.10 Å².